The Morgan fingerprint density at radius 3 is 3.06 bits per heavy atom. The predicted octanol–water partition coefficient (Wildman–Crippen LogP) is 2.40. The number of ether oxygens (including phenoxy) is 1. The maximum absolute atomic E-state index is 8.98. The van der Waals surface area contributed by atoms with E-state index in [0.717, 1.165) is 29.7 Å². The zero-order valence-electron chi connectivity index (χ0n) is 10.0. The van der Waals surface area contributed by atoms with Crippen LogP contribution in [0.15, 0.2) is 18.2 Å². The largest absolute Gasteiger partial charge is 0.382 e. The molecule has 0 saturated carbocycles. The van der Waals surface area contributed by atoms with Gasteiger partial charge in [0.2, 0.25) is 0 Å². The van der Waals surface area contributed by atoms with Crippen molar-refractivity contribution in [3.05, 3.63) is 29.6 Å². The summed E-state index contributed by atoms with van der Waals surface area (Å²) in [5.41, 5.74) is 2.30. The van der Waals surface area contributed by atoms with E-state index in [9.17, 15) is 0 Å². The fourth-order valence-electron chi connectivity index (χ4n) is 1.75. The smallest absolute Gasteiger partial charge is 0.107 e. The summed E-state index contributed by atoms with van der Waals surface area (Å²) in [6, 6.07) is 7.73. The van der Waals surface area contributed by atoms with Crippen LogP contribution in [0.4, 0.5) is 0 Å². The number of methoxy groups -OCH3 is 1. The van der Waals surface area contributed by atoms with E-state index >= 15 is 0 Å². The second kappa shape index (κ2) is 4.98. The fourth-order valence-corrected chi connectivity index (χ4v) is 1.75. The number of hydrogen-bond donors (Lipinski definition) is 1. The number of aromatic nitrogens is 2. The van der Waals surface area contributed by atoms with E-state index in [2.05, 4.69) is 16.0 Å². The average molecular weight is 229 g/mol. The van der Waals surface area contributed by atoms with Gasteiger partial charge in [-0.1, -0.05) is 6.07 Å². The van der Waals surface area contributed by atoms with Crippen LogP contribution in [0.3, 0.4) is 0 Å². The van der Waals surface area contributed by atoms with Crippen LogP contribution >= 0.6 is 0 Å². The van der Waals surface area contributed by atoms with Gasteiger partial charge >= 0.3 is 0 Å². The molecular formula is C13H15N3O. The molecule has 0 aliphatic rings. The highest BCUT2D eigenvalue weighted by atomic mass is 16.5. The second-order valence-electron chi connectivity index (χ2n) is 4.08. The summed E-state index contributed by atoms with van der Waals surface area (Å²) in [5.74, 6) is 0.909. The van der Waals surface area contributed by atoms with E-state index < -0.39 is 0 Å². The van der Waals surface area contributed by atoms with Crippen molar-refractivity contribution < 1.29 is 4.74 Å². The van der Waals surface area contributed by atoms with Gasteiger partial charge in [-0.15, -0.1) is 0 Å². The number of H-pyrrole nitrogens is 1. The van der Waals surface area contributed by atoms with Crippen LogP contribution in [0, 0.1) is 11.3 Å². The second-order valence-corrected chi connectivity index (χ2v) is 4.08. The third kappa shape index (κ3) is 2.45. The molecule has 17 heavy (non-hydrogen) atoms. The Morgan fingerprint density at radius 2 is 2.35 bits per heavy atom. The van der Waals surface area contributed by atoms with Crippen LogP contribution in [0.2, 0.25) is 0 Å². The molecule has 0 spiro atoms. The van der Waals surface area contributed by atoms with Crippen molar-refractivity contribution in [1.29, 1.82) is 5.26 Å². The minimum Gasteiger partial charge on any atom is -0.382 e. The zero-order valence-corrected chi connectivity index (χ0v) is 10.0. The Morgan fingerprint density at radius 1 is 1.53 bits per heavy atom. The molecule has 1 aromatic carbocycles. The average Bonchev–Trinajstić information content (AvgIpc) is 2.78. The van der Waals surface area contributed by atoms with Gasteiger partial charge in [-0.2, -0.15) is 5.26 Å². The molecular weight excluding hydrogens is 214 g/mol. The van der Waals surface area contributed by atoms with Gasteiger partial charge < -0.3 is 9.72 Å². The van der Waals surface area contributed by atoms with Crippen molar-refractivity contribution in [2.45, 2.75) is 25.9 Å². The van der Waals surface area contributed by atoms with Crippen molar-refractivity contribution in [2.75, 3.05) is 7.11 Å². The van der Waals surface area contributed by atoms with E-state index in [1.165, 1.54) is 0 Å². The lowest BCUT2D eigenvalue weighted by Crippen LogP contribution is -2.06. The van der Waals surface area contributed by atoms with Crippen LogP contribution in [0.5, 0.6) is 0 Å². The molecule has 1 aromatic heterocycles. The van der Waals surface area contributed by atoms with Gasteiger partial charge in [0.1, 0.15) is 17.4 Å². The number of aryl methyl sites for hydroxylation is 1. The van der Waals surface area contributed by atoms with E-state index in [-0.39, 0.29) is 6.10 Å². The molecule has 2 rings (SSSR count). The first-order valence-electron chi connectivity index (χ1n) is 5.65. The number of para-hydroxylation sites is 1. The quantitative estimate of drug-likeness (QED) is 0.875. The summed E-state index contributed by atoms with van der Waals surface area (Å²) in [6.07, 6.45) is 1.96. The van der Waals surface area contributed by atoms with Crippen LogP contribution < -0.4 is 0 Å². The Kier molecular flexibility index (Phi) is 3.40. The fraction of sp³-hybridized carbons (Fsp3) is 0.385. The van der Waals surface area contributed by atoms with Gasteiger partial charge in [0.25, 0.3) is 0 Å². The predicted molar refractivity (Wildman–Crippen MR) is 65.6 cm³/mol. The molecule has 88 valence electrons. The van der Waals surface area contributed by atoms with Crippen LogP contribution in [0.25, 0.3) is 11.0 Å². The Hall–Kier alpha value is -1.86. The van der Waals surface area contributed by atoms with Gasteiger partial charge in [-0.05, 0) is 25.5 Å². The number of imidazole rings is 1. The lowest BCUT2D eigenvalue weighted by Gasteiger charge is -2.06. The monoisotopic (exact) mass is 229 g/mol. The maximum atomic E-state index is 8.98. The lowest BCUT2D eigenvalue weighted by atomic mass is 10.2. The Bertz CT molecular complexity index is 553. The highest BCUT2D eigenvalue weighted by Gasteiger charge is 2.08. The molecule has 0 fully saturated rings. The lowest BCUT2D eigenvalue weighted by molar-refractivity contribution is 0.111. The van der Waals surface area contributed by atoms with Gasteiger partial charge in [0.05, 0.1) is 17.2 Å². The molecule has 0 radical (unpaired) electrons. The highest BCUT2D eigenvalue weighted by Crippen LogP contribution is 2.16. The molecule has 1 atom stereocenters. The zero-order chi connectivity index (χ0) is 12.3. The topological polar surface area (TPSA) is 61.7 Å². The first kappa shape index (κ1) is 11.6. The maximum Gasteiger partial charge on any atom is 0.107 e. The number of nitrogens with one attached hydrogen (secondary N) is 1. The molecule has 0 aliphatic heterocycles. The molecule has 1 unspecified atom stereocenters. The van der Waals surface area contributed by atoms with Gasteiger partial charge in [-0.3, -0.25) is 0 Å². The summed E-state index contributed by atoms with van der Waals surface area (Å²) >= 11 is 0. The molecule has 1 heterocycles. The molecule has 0 bridgehead atoms. The van der Waals surface area contributed by atoms with E-state index in [1.54, 1.807) is 13.2 Å². The number of hydrogen-bond acceptors (Lipinski definition) is 3. The summed E-state index contributed by atoms with van der Waals surface area (Å²) in [7, 11) is 1.71. The molecule has 0 saturated heterocycles. The van der Waals surface area contributed by atoms with E-state index in [4.69, 9.17) is 10.00 Å². The molecule has 1 N–H and O–H groups in total. The van der Waals surface area contributed by atoms with E-state index in [0.29, 0.717) is 5.56 Å². The number of nitriles is 1. The summed E-state index contributed by atoms with van der Waals surface area (Å²) in [4.78, 5) is 7.69. The summed E-state index contributed by atoms with van der Waals surface area (Å²) < 4.78 is 5.20. The number of fused-ring (bicyclic) bond motifs is 1. The Labute approximate surface area is 100 Å². The third-order valence-electron chi connectivity index (χ3n) is 2.87. The number of nitrogens with zero attached hydrogens (tertiary/aromatic N) is 2. The van der Waals surface area contributed by atoms with Crippen molar-refractivity contribution in [1.82, 2.24) is 9.97 Å². The molecule has 0 amide bonds. The molecule has 2 aromatic rings. The summed E-state index contributed by atoms with van der Waals surface area (Å²) in [5, 5.41) is 8.98. The van der Waals surface area contributed by atoms with Gasteiger partial charge in [0.15, 0.2) is 0 Å². The van der Waals surface area contributed by atoms with Crippen molar-refractivity contribution in [3.8, 4) is 6.07 Å². The first-order valence-corrected chi connectivity index (χ1v) is 5.65. The highest BCUT2D eigenvalue weighted by molar-refractivity contribution is 5.81. The van der Waals surface area contributed by atoms with Crippen molar-refractivity contribution in [3.63, 3.8) is 0 Å². The minimum atomic E-state index is 0.221. The number of aromatic amines is 1. The van der Waals surface area contributed by atoms with Gasteiger partial charge in [-0.25, -0.2) is 4.98 Å². The van der Waals surface area contributed by atoms with Crippen molar-refractivity contribution >= 4 is 11.0 Å². The first-order chi connectivity index (χ1) is 8.24. The van der Waals surface area contributed by atoms with E-state index in [1.807, 2.05) is 19.1 Å². The number of rotatable bonds is 4. The molecule has 4 nitrogen and oxygen atoms in total. The van der Waals surface area contributed by atoms with Gasteiger partial charge in [0, 0.05) is 13.5 Å². The van der Waals surface area contributed by atoms with Crippen LogP contribution in [0.1, 0.15) is 24.7 Å². The third-order valence-corrected chi connectivity index (χ3v) is 2.87. The standard InChI is InChI=1S/C13H15N3O/c1-9(17-2)6-7-12-15-11-5-3-4-10(8-14)13(11)16-12/h3-5,9H,6-7H2,1-2H3,(H,15,16). The minimum absolute atomic E-state index is 0.221. The van der Waals surface area contributed by atoms with Crippen LogP contribution in [-0.2, 0) is 11.2 Å². The molecule has 0 aliphatic carbocycles. The SMILES string of the molecule is COC(C)CCc1nc2c(C#N)cccc2[nH]1. The summed E-state index contributed by atoms with van der Waals surface area (Å²) in [6.45, 7) is 2.03. The van der Waals surface area contributed by atoms with Crippen LogP contribution in [-0.4, -0.2) is 23.2 Å². The molecule has 4 heteroatoms. The normalized spacial score (nSPS) is 12.5. The van der Waals surface area contributed by atoms with Crippen molar-refractivity contribution in [2.24, 2.45) is 0 Å². The number of benzene rings is 1. The Balaban J connectivity index is 2.23.